The third kappa shape index (κ3) is 6.37. The topological polar surface area (TPSA) is 84.9 Å². The van der Waals surface area contributed by atoms with Gasteiger partial charge in [0.2, 0.25) is 0 Å². The number of hydrogen-bond acceptors (Lipinski definition) is 4. The highest BCUT2D eigenvalue weighted by atomic mass is 16.5. The van der Waals surface area contributed by atoms with Gasteiger partial charge in [-0.15, -0.1) is 0 Å². The average molecular weight is 295 g/mol. The maximum absolute atomic E-state index is 11.9. The number of rotatable bonds is 10. The summed E-state index contributed by atoms with van der Waals surface area (Å²) in [4.78, 5) is 22.9. The number of methoxy groups -OCH3 is 1. The Morgan fingerprint density at radius 2 is 1.81 bits per heavy atom. The molecule has 0 radical (unpaired) electrons. The second kappa shape index (κ2) is 9.90. The van der Waals surface area contributed by atoms with E-state index in [1.165, 1.54) is 12.1 Å². The summed E-state index contributed by atoms with van der Waals surface area (Å²) in [6.07, 6.45) is 1.60. The number of carbonyl (C=O) groups excluding carboxylic acids is 1. The van der Waals surface area contributed by atoms with E-state index in [0.717, 1.165) is 12.8 Å². The Bertz CT molecular complexity index is 461. The van der Waals surface area contributed by atoms with E-state index in [0.29, 0.717) is 26.4 Å². The molecule has 1 aromatic carbocycles. The maximum atomic E-state index is 11.9. The van der Waals surface area contributed by atoms with Gasteiger partial charge >= 0.3 is 5.97 Å². The van der Waals surface area contributed by atoms with Crippen molar-refractivity contribution < 1.29 is 24.2 Å². The third-order valence-electron chi connectivity index (χ3n) is 2.83. The van der Waals surface area contributed by atoms with E-state index in [1.807, 2.05) is 0 Å². The zero-order valence-corrected chi connectivity index (χ0v) is 12.1. The molecule has 21 heavy (non-hydrogen) atoms. The molecular formula is C15H21NO5. The van der Waals surface area contributed by atoms with Gasteiger partial charge in [0.1, 0.15) is 0 Å². The summed E-state index contributed by atoms with van der Waals surface area (Å²) in [5.41, 5.74) is 0.194. The van der Waals surface area contributed by atoms with E-state index in [2.05, 4.69) is 5.32 Å². The van der Waals surface area contributed by atoms with Crippen LogP contribution in [0.1, 0.15) is 33.6 Å². The molecule has 1 amide bonds. The lowest BCUT2D eigenvalue weighted by molar-refractivity contribution is 0.0684. The first-order chi connectivity index (χ1) is 10.2. The van der Waals surface area contributed by atoms with Crippen LogP contribution in [-0.4, -0.2) is 50.5 Å². The van der Waals surface area contributed by atoms with Crippen LogP contribution in [0, 0.1) is 0 Å². The Kier molecular flexibility index (Phi) is 8.08. The molecule has 0 aliphatic heterocycles. The van der Waals surface area contributed by atoms with Crippen LogP contribution in [0.5, 0.6) is 0 Å². The van der Waals surface area contributed by atoms with Crippen molar-refractivity contribution in [3.63, 3.8) is 0 Å². The number of unbranched alkanes of at least 4 members (excludes halogenated alkanes) is 1. The van der Waals surface area contributed by atoms with Gasteiger partial charge in [-0.25, -0.2) is 4.79 Å². The van der Waals surface area contributed by atoms with Crippen LogP contribution in [-0.2, 0) is 9.47 Å². The molecule has 0 aliphatic carbocycles. The zero-order chi connectivity index (χ0) is 15.5. The minimum atomic E-state index is -1.10. The molecule has 0 spiro atoms. The number of benzene rings is 1. The van der Waals surface area contributed by atoms with Crippen molar-refractivity contribution in [3.8, 4) is 0 Å². The molecule has 0 aromatic heterocycles. The number of carboxylic acid groups (broad SMARTS) is 1. The van der Waals surface area contributed by atoms with E-state index in [-0.39, 0.29) is 17.0 Å². The second-order valence-corrected chi connectivity index (χ2v) is 4.42. The third-order valence-corrected chi connectivity index (χ3v) is 2.83. The molecule has 1 rings (SSSR count). The standard InChI is InChI=1S/C15H21NO5/c1-20-10-11-21-9-5-4-8-16-14(17)12-6-2-3-7-13(12)15(18)19/h2-3,6-7H,4-5,8-11H2,1H3,(H,16,17)(H,18,19). The largest absolute Gasteiger partial charge is 0.478 e. The molecule has 1 aromatic rings. The fraction of sp³-hybridized carbons (Fsp3) is 0.467. The van der Waals surface area contributed by atoms with Crippen LogP contribution in [0.3, 0.4) is 0 Å². The van der Waals surface area contributed by atoms with Gasteiger partial charge in [-0.3, -0.25) is 4.79 Å². The molecule has 0 unspecified atom stereocenters. The fourth-order valence-corrected chi connectivity index (χ4v) is 1.74. The van der Waals surface area contributed by atoms with E-state index in [4.69, 9.17) is 14.6 Å². The monoisotopic (exact) mass is 295 g/mol. The van der Waals surface area contributed by atoms with Crippen LogP contribution in [0.2, 0.25) is 0 Å². The maximum Gasteiger partial charge on any atom is 0.336 e. The van der Waals surface area contributed by atoms with Crippen molar-refractivity contribution in [2.24, 2.45) is 0 Å². The van der Waals surface area contributed by atoms with Gasteiger partial charge in [-0.2, -0.15) is 0 Å². The van der Waals surface area contributed by atoms with Gasteiger partial charge in [-0.1, -0.05) is 12.1 Å². The van der Waals surface area contributed by atoms with Crippen molar-refractivity contribution in [1.29, 1.82) is 0 Å². The number of carboxylic acids is 1. The lowest BCUT2D eigenvalue weighted by Gasteiger charge is -2.08. The quantitative estimate of drug-likeness (QED) is 0.640. The average Bonchev–Trinajstić information content (AvgIpc) is 2.49. The Hall–Kier alpha value is -1.92. The minimum absolute atomic E-state index is 0.0119. The molecule has 6 heteroatoms. The first-order valence-electron chi connectivity index (χ1n) is 6.84. The van der Waals surface area contributed by atoms with Crippen molar-refractivity contribution in [2.45, 2.75) is 12.8 Å². The minimum Gasteiger partial charge on any atom is -0.478 e. The van der Waals surface area contributed by atoms with E-state index in [9.17, 15) is 9.59 Å². The first-order valence-corrected chi connectivity index (χ1v) is 6.84. The molecule has 0 bridgehead atoms. The smallest absolute Gasteiger partial charge is 0.336 e. The number of aromatic carboxylic acids is 1. The van der Waals surface area contributed by atoms with Gasteiger partial charge < -0.3 is 19.9 Å². The van der Waals surface area contributed by atoms with E-state index in [1.54, 1.807) is 19.2 Å². The SMILES string of the molecule is COCCOCCCCNC(=O)c1ccccc1C(=O)O. The van der Waals surface area contributed by atoms with Crippen molar-refractivity contribution in [2.75, 3.05) is 33.5 Å². The molecule has 116 valence electrons. The van der Waals surface area contributed by atoms with Gasteiger partial charge in [-0.05, 0) is 25.0 Å². The Balaban J connectivity index is 2.27. The number of amides is 1. The van der Waals surface area contributed by atoms with Crippen molar-refractivity contribution >= 4 is 11.9 Å². The molecule has 2 N–H and O–H groups in total. The highest BCUT2D eigenvalue weighted by molar-refractivity contribution is 6.04. The number of nitrogens with one attached hydrogen (secondary N) is 1. The summed E-state index contributed by atoms with van der Waals surface area (Å²) in [7, 11) is 1.62. The molecular weight excluding hydrogens is 274 g/mol. The predicted octanol–water partition coefficient (Wildman–Crippen LogP) is 1.56. The summed E-state index contributed by atoms with van der Waals surface area (Å²) >= 11 is 0. The van der Waals surface area contributed by atoms with Gasteiger partial charge in [0.15, 0.2) is 0 Å². The van der Waals surface area contributed by atoms with E-state index >= 15 is 0 Å². The van der Waals surface area contributed by atoms with Crippen LogP contribution >= 0.6 is 0 Å². The molecule has 0 atom stereocenters. The normalized spacial score (nSPS) is 10.3. The summed E-state index contributed by atoms with van der Waals surface area (Å²) in [5.74, 6) is -1.47. The van der Waals surface area contributed by atoms with Crippen LogP contribution in [0.15, 0.2) is 24.3 Å². The van der Waals surface area contributed by atoms with Gasteiger partial charge in [0.25, 0.3) is 5.91 Å². The Morgan fingerprint density at radius 1 is 1.10 bits per heavy atom. The lowest BCUT2D eigenvalue weighted by Crippen LogP contribution is -2.26. The molecule has 6 nitrogen and oxygen atoms in total. The number of carbonyl (C=O) groups is 2. The zero-order valence-electron chi connectivity index (χ0n) is 12.1. The number of hydrogen-bond donors (Lipinski definition) is 2. The van der Waals surface area contributed by atoms with Crippen LogP contribution in [0.4, 0.5) is 0 Å². The molecule has 0 heterocycles. The van der Waals surface area contributed by atoms with Crippen molar-refractivity contribution in [1.82, 2.24) is 5.32 Å². The lowest BCUT2D eigenvalue weighted by atomic mass is 10.1. The Labute approximate surface area is 124 Å². The predicted molar refractivity (Wildman–Crippen MR) is 77.7 cm³/mol. The highest BCUT2D eigenvalue weighted by Crippen LogP contribution is 2.08. The molecule has 0 fully saturated rings. The molecule has 0 aliphatic rings. The molecule has 0 saturated carbocycles. The van der Waals surface area contributed by atoms with Gasteiger partial charge in [0, 0.05) is 20.3 Å². The number of ether oxygens (including phenoxy) is 2. The summed E-state index contributed by atoms with van der Waals surface area (Å²) in [6.45, 7) is 2.24. The van der Waals surface area contributed by atoms with E-state index < -0.39 is 5.97 Å². The Morgan fingerprint density at radius 3 is 2.48 bits per heavy atom. The van der Waals surface area contributed by atoms with Crippen LogP contribution in [0.25, 0.3) is 0 Å². The summed E-state index contributed by atoms with van der Waals surface area (Å²) in [5, 5.41) is 11.7. The molecule has 0 saturated heterocycles. The summed E-state index contributed by atoms with van der Waals surface area (Å²) < 4.78 is 10.2. The van der Waals surface area contributed by atoms with Gasteiger partial charge in [0.05, 0.1) is 24.3 Å². The highest BCUT2D eigenvalue weighted by Gasteiger charge is 2.14. The summed E-state index contributed by atoms with van der Waals surface area (Å²) in [6, 6.07) is 6.16. The first kappa shape index (κ1) is 17.1. The van der Waals surface area contributed by atoms with Crippen LogP contribution < -0.4 is 5.32 Å². The van der Waals surface area contributed by atoms with Crippen molar-refractivity contribution in [3.05, 3.63) is 35.4 Å². The fourth-order valence-electron chi connectivity index (χ4n) is 1.74. The second-order valence-electron chi connectivity index (χ2n) is 4.42.